The van der Waals surface area contributed by atoms with Crippen molar-refractivity contribution in [1.82, 2.24) is 10.2 Å². The van der Waals surface area contributed by atoms with Gasteiger partial charge in [0.05, 0.1) is 20.3 Å². The lowest BCUT2D eigenvalue weighted by Crippen LogP contribution is -2.42. The number of nitrogens with one attached hydrogen (secondary N) is 1. The molecule has 0 aromatic heterocycles. The van der Waals surface area contributed by atoms with Crippen LogP contribution in [0.15, 0.2) is 60.7 Å². The highest BCUT2D eigenvalue weighted by Gasteiger charge is 2.30. The number of rotatable bonds is 7. The maximum Gasteiger partial charge on any atom is 0.251 e. The molecule has 1 aliphatic heterocycles. The molecule has 5 nitrogen and oxygen atoms in total. The maximum atomic E-state index is 13.8. The molecule has 172 valence electrons. The van der Waals surface area contributed by atoms with Crippen molar-refractivity contribution in [1.29, 1.82) is 0 Å². The van der Waals surface area contributed by atoms with Gasteiger partial charge in [-0.1, -0.05) is 30.3 Å². The Labute approximate surface area is 194 Å². The van der Waals surface area contributed by atoms with Crippen LogP contribution in [0, 0.1) is 12.7 Å². The molecule has 0 spiro atoms. The summed E-state index contributed by atoms with van der Waals surface area (Å²) in [6.45, 7) is 3.71. The van der Waals surface area contributed by atoms with Gasteiger partial charge in [0.15, 0.2) is 11.5 Å². The van der Waals surface area contributed by atoms with Gasteiger partial charge in [-0.15, -0.1) is 0 Å². The van der Waals surface area contributed by atoms with Crippen LogP contribution in [-0.4, -0.2) is 38.1 Å². The van der Waals surface area contributed by atoms with Gasteiger partial charge in [0.25, 0.3) is 5.91 Å². The second-order valence-electron chi connectivity index (χ2n) is 8.30. The number of carbonyl (C=O) groups excluding carboxylic acids is 1. The molecule has 1 aliphatic rings. The van der Waals surface area contributed by atoms with Crippen LogP contribution in [0.1, 0.15) is 38.7 Å². The van der Waals surface area contributed by atoms with Crippen LogP contribution in [0.2, 0.25) is 0 Å². The van der Waals surface area contributed by atoms with E-state index >= 15 is 0 Å². The highest BCUT2D eigenvalue weighted by molar-refractivity contribution is 5.95. The van der Waals surface area contributed by atoms with E-state index in [0.29, 0.717) is 30.2 Å². The summed E-state index contributed by atoms with van der Waals surface area (Å²) >= 11 is 0. The zero-order chi connectivity index (χ0) is 23.4. The van der Waals surface area contributed by atoms with Crippen molar-refractivity contribution < 1.29 is 18.7 Å². The summed E-state index contributed by atoms with van der Waals surface area (Å²) in [6, 6.07) is 18.1. The fourth-order valence-corrected chi connectivity index (χ4v) is 4.49. The van der Waals surface area contributed by atoms with E-state index in [1.54, 1.807) is 26.4 Å². The van der Waals surface area contributed by atoms with Crippen LogP contribution < -0.4 is 14.8 Å². The Kier molecular flexibility index (Phi) is 6.94. The first-order valence-corrected chi connectivity index (χ1v) is 11.1. The molecule has 0 fully saturated rings. The summed E-state index contributed by atoms with van der Waals surface area (Å²) in [7, 11) is 3.25. The number of amides is 1. The van der Waals surface area contributed by atoms with Crippen LogP contribution in [0.3, 0.4) is 0 Å². The molecule has 0 bridgehead atoms. The number of methoxy groups -OCH3 is 2. The number of benzene rings is 3. The third kappa shape index (κ3) is 5.01. The van der Waals surface area contributed by atoms with Crippen LogP contribution in [0.4, 0.5) is 4.39 Å². The Bertz CT molecular complexity index is 1150. The Morgan fingerprint density at radius 1 is 1.06 bits per heavy atom. The fraction of sp³-hybridized carbons (Fsp3) is 0.296. The summed E-state index contributed by atoms with van der Waals surface area (Å²) in [5.74, 6) is 0.990. The molecule has 6 heteroatoms. The lowest BCUT2D eigenvalue weighted by molar-refractivity contribution is 0.0925. The van der Waals surface area contributed by atoms with Gasteiger partial charge < -0.3 is 14.8 Å². The summed E-state index contributed by atoms with van der Waals surface area (Å²) < 4.78 is 24.9. The van der Waals surface area contributed by atoms with E-state index in [-0.39, 0.29) is 17.8 Å². The van der Waals surface area contributed by atoms with Gasteiger partial charge in [0.1, 0.15) is 5.82 Å². The zero-order valence-corrected chi connectivity index (χ0v) is 19.2. The van der Waals surface area contributed by atoms with E-state index in [0.717, 1.165) is 29.7 Å². The fourth-order valence-electron chi connectivity index (χ4n) is 4.49. The third-order valence-electron chi connectivity index (χ3n) is 6.23. The quantitative estimate of drug-likeness (QED) is 0.570. The SMILES string of the molecule is COc1cc2c(cc1OC)C(CNC(=O)c1ccccc1C)N(Cc1cccc(F)c1)CC2. The van der Waals surface area contributed by atoms with Crippen LogP contribution >= 0.6 is 0 Å². The summed E-state index contributed by atoms with van der Waals surface area (Å²) in [4.78, 5) is 15.2. The van der Waals surface area contributed by atoms with Gasteiger partial charge in [0, 0.05) is 25.2 Å². The molecule has 33 heavy (non-hydrogen) atoms. The van der Waals surface area contributed by atoms with Crippen LogP contribution in [-0.2, 0) is 13.0 Å². The Hall–Kier alpha value is -3.38. The minimum Gasteiger partial charge on any atom is -0.493 e. The molecule has 0 saturated carbocycles. The molecule has 0 aliphatic carbocycles. The number of fused-ring (bicyclic) bond motifs is 1. The molecule has 1 unspecified atom stereocenters. The smallest absolute Gasteiger partial charge is 0.251 e. The molecule has 1 atom stereocenters. The number of carbonyl (C=O) groups is 1. The van der Waals surface area contributed by atoms with Crippen molar-refractivity contribution in [3.8, 4) is 11.5 Å². The molecule has 0 radical (unpaired) electrons. The minimum absolute atomic E-state index is 0.0928. The second kappa shape index (κ2) is 10.0. The van der Waals surface area contributed by atoms with Gasteiger partial charge in [-0.05, 0) is 65.9 Å². The highest BCUT2D eigenvalue weighted by Crippen LogP contribution is 2.38. The number of nitrogens with zero attached hydrogens (tertiary/aromatic N) is 1. The number of ether oxygens (including phenoxy) is 2. The van der Waals surface area contributed by atoms with Gasteiger partial charge >= 0.3 is 0 Å². The maximum absolute atomic E-state index is 13.8. The molecule has 0 saturated heterocycles. The molecule has 3 aromatic carbocycles. The summed E-state index contributed by atoms with van der Waals surface area (Å²) in [5, 5.41) is 3.12. The van der Waals surface area contributed by atoms with Crippen molar-refractivity contribution in [3.05, 3.63) is 94.3 Å². The summed E-state index contributed by atoms with van der Waals surface area (Å²) in [6.07, 6.45) is 0.827. The molecule has 4 rings (SSSR count). The first-order valence-electron chi connectivity index (χ1n) is 11.1. The Morgan fingerprint density at radius 3 is 2.55 bits per heavy atom. The van der Waals surface area contributed by atoms with Gasteiger partial charge in [-0.25, -0.2) is 4.39 Å². The monoisotopic (exact) mass is 448 g/mol. The van der Waals surface area contributed by atoms with Crippen LogP contribution in [0.5, 0.6) is 11.5 Å². The largest absolute Gasteiger partial charge is 0.493 e. The summed E-state index contributed by atoms with van der Waals surface area (Å²) in [5.41, 5.74) is 4.74. The predicted octanol–water partition coefficient (Wildman–Crippen LogP) is 4.68. The van der Waals surface area contributed by atoms with Gasteiger partial charge in [-0.3, -0.25) is 9.69 Å². The zero-order valence-electron chi connectivity index (χ0n) is 19.2. The number of hydrogen-bond acceptors (Lipinski definition) is 4. The van der Waals surface area contributed by atoms with E-state index in [1.807, 2.05) is 49.4 Å². The predicted molar refractivity (Wildman–Crippen MR) is 126 cm³/mol. The third-order valence-corrected chi connectivity index (χ3v) is 6.23. The molecule has 3 aromatic rings. The normalized spacial score (nSPS) is 15.6. The topological polar surface area (TPSA) is 50.8 Å². The van der Waals surface area contributed by atoms with Crippen LogP contribution in [0.25, 0.3) is 0 Å². The average Bonchev–Trinajstić information content (AvgIpc) is 2.82. The van der Waals surface area contributed by atoms with E-state index in [9.17, 15) is 9.18 Å². The molecule has 1 heterocycles. The minimum atomic E-state index is -0.249. The first kappa shape index (κ1) is 22.8. The van der Waals surface area contributed by atoms with E-state index in [4.69, 9.17) is 9.47 Å². The van der Waals surface area contributed by atoms with Gasteiger partial charge in [-0.2, -0.15) is 0 Å². The standard InChI is InChI=1S/C27H29FN2O3/c1-18-7-4-5-10-22(18)27(31)29-16-24-23-15-26(33-3)25(32-2)14-20(23)11-12-30(24)17-19-8-6-9-21(28)13-19/h4-10,13-15,24H,11-12,16-17H2,1-3H3,(H,29,31). The lowest BCUT2D eigenvalue weighted by Gasteiger charge is -2.38. The van der Waals surface area contributed by atoms with Crippen molar-refractivity contribution in [3.63, 3.8) is 0 Å². The van der Waals surface area contributed by atoms with Crippen molar-refractivity contribution in [2.45, 2.75) is 25.9 Å². The molecule has 1 amide bonds. The Morgan fingerprint density at radius 2 is 1.82 bits per heavy atom. The van der Waals surface area contributed by atoms with Crippen molar-refractivity contribution in [2.75, 3.05) is 27.3 Å². The number of hydrogen-bond donors (Lipinski definition) is 1. The van der Waals surface area contributed by atoms with E-state index in [2.05, 4.69) is 10.2 Å². The van der Waals surface area contributed by atoms with E-state index in [1.165, 1.54) is 11.6 Å². The number of halogens is 1. The first-order chi connectivity index (χ1) is 16.0. The lowest BCUT2D eigenvalue weighted by atomic mass is 9.91. The average molecular weight is 449 g/mol. The molecular weight excluding hydrogens is 419 g/mol. The molecule has 1 N–H and O–H groups in total. The Balaban J connectivity index is 1.64. The molecular formula is C27H29FN2O3. The van der Waals surface area contributed by atoms with Gasteiger partial charge in [0.2, 0.25) is 0 Å². The van der Waals surface area contributed by atoms with Crippen molar-refractivity contribution >= 4 is 5.91 Å². The van der Waals surface area contributed by atoms with Crippen molar-refractivity contribution in [2.24, 2.45) is 0 Å². The highest BCUT2D eigenvalue weighted by atomic mass is 19.1. The number of aryl methyl sites for hydroxylation is 1. The van der Waals surface area contributed by atoms with E-state index < -0.39 is 0 Å². The second-order valence-corrected chi connectivity index (χ2v) is 8.30.